The van der Waals surface area contributed by atoms with Crippen LogP contribution in [0.5, 0.6) is 0 Å². The third kappa shape index (κ3) is 5.40. The Bertz CT molecular complexity index is 482. The molecule has 7 heteroatoms. The fourth-order valence-corrected chi connectivity index (χ4v) is 3.06. The van der Waals surface area contributed by atoms with Crippen LogP contribution in [-0.2, 0) is 6.54 Å². The van der Waals surface area contributed by atoms with Crippen molar-refractivity contribution in [3.05, 3.63) is 11.7 Å². The highest BCUT2D eigenvalue weighted by Gasteiger charge is 2.37. The highest BCUT2D eigenvalue weighted by Crippen LogP contribution is 2.45. The molecule has 1 aliphatic rings. The lowest BCUT2D eigenvalue weighted by molar-refractivity contribution is 0.104. The molecule has 1 heterocycles. The number of rotatable bonds is 6. The van der Waals surface area contributed by atoms with Crippen molar-refractivity contribution in [2.45, 2.75) is 53.0 Å². The van der Waals surface area contributed by atoms with E-state index in [-0.39, 0.29) is 24.0 Å². The van der Waals surface area contributed by atoms with Gasteiger partial charge in [-0.2, -0.15) is 4.98 Å². The molecule has 0 aromatic carbocycles. The molecule has 1 aromatic heterocycles. The number of hydrogen-bond donors (Lipinski definition) is 2. The summed E-state index contributed by atoms with van der Waals surface area (Å²) in [4.78, 5) is 8.43. The van der Waals surface area contributed by atoms with Crippen molar-refractivity contribution < 1.29 is 4.52 Å². The molecular weight excluding hydrogens is 393 g/mol. The quantitative estimate of drug-likeness (QED) is 0.420. The van der Waals surface area contributed by atoms with E-state index in [2.05, 4.69) is 39.6 Å². The third-order valence-electron chi connectivity index (χ3n) is 4.09. The predicted molar refractivity (Wildman–Crippen MR) is 98.4 cm³/mol. The second-order valence-electron chi connectivity index (χ2n) is 6.46. The van der Waals surface area contributed by atoms with E-state index in [0.29, 0.717) is 23.7 Å². The van der Waals surface area contributed by atoms with Gasteiger partial charge in [-0.05, 0) is 30.6 Å². The van der Waals surface area contributed by atoms with E-state index in [1.54, 1.807) is 14.0 Å². The number of hydrogen-bond acceptors (Lipinski definition) is 4. The zero-order valence-corrected chi connectivity index (χ0v) is 16.3. The van der Waals surface area contributed by atoms with Crippen molar-refractivity contribution in [2.24, 2.45) is 16.3 Å². The van der Waals surface area contributed by atoms with Crippen molar-refractivity contribution in [2.75, 3.05) is 13.6 Å². The molecule has 2 N–H and O–H groups in total. The fraction of sp³-hybridized carbons (Fsp3) is 0.800. The molecule has 2 rings (SSSR count). The first kappa shape index (κ1) is 19.2. The fourth-order valence-electron chi connectivity index (χ4n) is 3.06. The zero-order valence-electron chi connectivity index (χ0n) is 14.0. The molecule has 0 spiro atoms. The Hall–Kier alpha value is -0.860. The largest absolute Gasteiger partial charge is 0.356 e. The molecule has 0 radical (unpaired) electrons. The standard InChI is InChI=1S/C15H27N5O.HI/c1-11(2)8-15(6-5-7-15)10-18-14(16-4)17-9-13-19-12(3)21-20-13;/h11H,5-10H2,1-4H3,(H2,16,17,18);1H. The van der Waals surface area contributed by atoms with Gasteiger partial charge in [0.2, 0.25) is 5.89 Å². The number of aryl methyl sites for hydroxylation is 1. The monoisotopic (exact) mass is 421 g/mol. The maximum absolute atomic E-state index is 4.95. The van der Waals surface area contributed by atoms with E-state index < -0.39 is 0 Å². The Morgan fingerprint density at radius 2 is 2.09 bits per heavy atom. The first-order valence-corrected chi connectivity index (χ1v) is 7.77. The van der Waals surface area contributed by atoms with E-state index in [1.165, 1.54) is 25.7 Å². The van der Waals surface area contributed by atoms with Crippen LogP contribution in [0.1, 0.15) is 51.2 Å². The van der Waals surface area contributed by atoms with Crippen molar-refractivity contribution in [1.82, 2.24) is 20.8 Å². The number of halogens is 1. The minimum atomic E-state index is 0. The molecule has 22 heavy (non-hydrogen) atoms. The van der Waals surface area contributed by atoms with Crippen LogP contribution in [0.3, 0.4) is 0 Å². The molecule has 0 bridgehead atoms. The average molecular weight is 421 g/mol. The molecule has 126 valence electrons. The van der Waals surface area contributed by atoms with Gasteiger partial charge in [0.15, 0.2) is 11.8 Å². The van der Waals surface area contributed by atoms with Crippen LogP contribution in [0.4, 0.5) is 0 Å². The van der Waals surface area contributed by atoms with E-state index in [0.717, 1.165) is 18.4 Å². The molecule has 0 unspecified atom stereocenters. The van der Waals surface area contributed by atoms with Gasteiger partial charge in [-0.3, -0.25) is 4.99 Å². The smallest absolute Gasteiger partial charge is 0.223 e. The maximum Gasteiger partial charge on any atom is 0.223 e. The molecule has 0 aliphatic heterocycles. The number of guanidine groups is 1. The van der Waals surface area contributed by atoms with Gasteiger partial charge in [-0.1, -0.05) is 25.4 Å². The van der Waals surface area contributed by atoms with Crippen LogP contribution in [0.15, 0.2) is 9.52 Å². The van der Waals surface area contributed by atoms with E-state index in [1.807, 2.05) is 0 Å². The number of aromatic nitrogens is 2. The second kappa shape index (κ2) is 8.69. The lowest BCUT2D eigenvalue weighted by Crippen LogP contribution is -2.46. The first-order valence-electron chi connectivity index (χ1n) is 7.77. The van der Waals surface area contributed by atoms with Gasteiger partial charge < -0.3 is 15.2 Å². The Kier molecular flexibility index (Phi) is 7.58. The van der Waals surface area contributed by atoms with Gasteiger partial charge in [0.1, 0.15) is 0 Å². The van der Waals surface area contributed by atoms with Crippen molar-refractivity contribution in [3.8, 4) is 0 Å². The second-order valence-corrected chi connectivity index (χ2v) is 6.46. The van der Waals surface area contributed by atoms with Gasteiger partial charge in [-0.25, -0.2) is 0 Å². The normalized spacial score (nSPS) is 16.9. The average Bonchev–Trinajstić information content (AvgIpc) is 2.81. The van der Waals surface area contributed by atoms with Crippen LogP contribution in [-0.4, -0.2) is 29.7 Å². The predicted octanol–water partition coefficient (Wildman–Crippen LogP) is 2.88. The summed E-state index contributed by atoms with van der Waals surface area (Å²) in [6.45, 7) is 7.89. The topological polar surface area (TPSA) is 75.3 Å². The molecule has 0 amide bonds. The van der Waals surface area contributed by atoms with Crippen molar-refractivity contribution >= 4 is 29.9 Å². The Labute approximate surface area is 149 Å². The first-order chi connectivity index (χ1) is 10.0. The molecule has 0 saturated heterocycles. The van der Waals surface area contributed by atoms with Crippen molar-refractivity contribution in [1.29, 1.82) is 0 Å². The highest BCUT2D eigenvalue weighted by atomic mass is 127. The maximum atomic E-state index is 4.95. The van der Waals surface area contributed by atoms with Gasteiger partial charge in [-0.15, -0.1) is 24.0 Å². The summed E-state index contributed by atoms with van der Waals surface area (Å²) in [7, 11) is 1.78. The van der Waals surface area contributed by atoms with Crippen LogP contribution in [0, 0.1) is 18.3 Å². The molecule has 1 aromatic rings. The molecule has 1 fully saturated rings. The van der Waals surface area contributed by atoms with E-state index >= 15 is 0 Å². The molecule has 0 atom stereocenters. The van der Waals surface area contributed by atoms with Crippen LogP contribution in [0.2, 0.25) is 0 Å². The molecule has 1 aliphatic carbocycles. The van der Waals surface area contributed by atoms with Gasteiger partial charge in [0, 0.05) is 20.5 Å². The van der Waals surface area contributed by atoms with Crippen LogP contribution >= 0.6 is 24.0 Å². The summed E-state index contributed by atoms with van der Waals surface area (Å²) in [5.41, 5.74) is 0.453. The van der Waals surface area contributed by atoms with Crippen LogP contribution in [0.25, 0.3) is 0 Å². The number of nitrogens with zero attached hydrogens (tertiary/aromatic N) is 3. The lowest BCUT2D eigenvalue weighted by Gasteiger charge is -2.43. The summed E-state index contributed by atoms with van der Waals surface area (Å²) in [5, 5.41) is 10.5. The third-order valence-corrected chi connectivity index (χ3v) is 4.09. The molecular formula is C15H28IN5O. The zero-order chi connectivity index (χ0) is 15.3. The number of aliphatic imine (C=N–C) groups is 1. The summed E-state index contributed by atoms with van der Waals surface area (Å²) in [6, 6.07) is 0. The molecule has 1 saturated carbocycles. The Balaban J connectivity index is 0.00000242. The van der Waals surface area contributed by atoms with E-state index in [9.17, 15) is 0 Å². The van der Waals surface area contributed by atoms with Gasteiger partial charge >= 0.3 is 0 Å². The minimum absolute atomic E-state index is 0. The van der Waals surface area contributed by atoms with Crippen molar-refractivity contribution in [3.63, 3.8) is 0 Å². The Morgan fingerprint density at radius 1 is 1.36 bits per heavy atom. The summed E-state index contributed by atoms with van der Waals surface area (Å²) >= 11 is 0. The summed E-state index contributed by atoms with van der Waals surface area (Å²) < 4.78 is 4.95. The summed E-state index contributed by atoms with van der Waals surface area (Å²) in [6.07, 6.45) is 5.27. The van der Waals surface area contributed by atoms with E-state index in [4.69, 9.17) is 4.52 Å². The minimum Gasteiger partial charge on any atom is -0.356 e. The molecule has 6 nitrogen and oxygen atoms in total. The SMILES string of the molecule is CN=C(NCc1noc(C)n1)NCC1(CC(C)C)CCC1.I. The van der Waals surface area contributed by atoms with Gasteiger partial charge in [0.25, 0.3) is 0 Å². The number of nitrogens with one attached hydrogen (secondary N) is 2. The van der Waals surface area contributed by atoms with Crippen LogP contribution < -0.4 is 10.6 Å². The highest BCUT2D eigenvalue weighted by molar-refractivity contribution is 14.0. The summed E-state index contributed by atoms with van der Waals surface area (Å²) in [5.74, 6) is 2.77. The van der Waals surface area contributed by atoms with Gasteiger partial charge in [0.05, 0.1) is 6.54 Å². The lowest BCUT2D eigenvalue weighted by atomic mass is 9.64. The Morgan fingerprint density at radius 3 is 2.55 bits per heavy atom.